The smallest absolute Gasteiger partial charge is 0.302 e. The molecule has 3 atom stereocenters. The van der Waals surface area contributed by atoms with E-state index < -0.39 is 48.9 Å². The number of rotatable bonds is 14. The fraction of sp³-hybridized carbons (Fsp3) is 0.111. The molecule has 0 heterocycles. The first kappa shape index (κ1) is 35.3. The quantitative estimate of drug-likeness (QED) is 0.0891. The predicted octanol–water partition coefficient (Wildman–Crippen LogP) is 5.52. The lowest BCUT2D eigenvalue weighted by Crippen LogP contribution is -2.54. The van der Waals surface area contributed by atoms with Crippen LogP contribution in [-0.2, 0) is 53.6 Å². The van der Waals surface area contributed by atoms with Gasteiger partial charge in [0.2, 0.25) is 0 Å². The second-order valence-electron chi connectivity index (χ2n) is 9.53. The predicted molar refractivity (Wildman–Crippen MR) is 160 cm³/mol. The number of hydrogen-bond acceptors (Lipinski definition) is 8. The van der Waals surface area contributed by atoms with Crippen molar-refractivity contribution >= 4 is 31.3 Å². The van der Waals surface area contributed by atoms with E-state index >= 15 is 0 Å². The summed E-state index contributed by atoms with van der Waals surface area (Å²) in [5.41, 5.74) is -5.15. The highest BCUT2D eigenvalue weighted by atomic mass is 31.3. The molecular formula is C27H28O14P4. The number of phosphoric ester groups is 2. The maximum absolute atomic E-state index is 13.6. The third-order valence-electron chi connectivity index (χ3n) is 6.41. The molecule has 0 aliphatic heterocycles. The van der Waals surface area contributed by atoms with Gasteiger partial charge in [-0.2, -0.15) is 8.62 Å². The molecule has 0 radical (unpaired) electrons. The minimum absolute atomic E-state index is 0.0543. The number of phosphoric acid groups is 4. The summed E-state index contributed by atoms with van der Waals surface area (Å²) < 4.78 is 71.0. The summed E-state index contributed by atoms with van der Waals surface area (Å²) in [7, 11) is -23.2. The fourth-order valence-electron chi connectivity index (χ4n) is 5.00. The van der Waals surface area contributed by atoms with Crippen molar-refractivity contribution in [1.29, 1.82) is 0 Å². The zero-order chi connectivity index (χ0) is 33.0. The summed E-state index contributed by atoms with van der Waals surface area (Å²) in [6.07, 6.45) is -0.535. The topological polar surface area (TPSA) is 227 Å². The highest BCUT2D eigenvalue weighted by Gasteiger charge is 2.64. The van der Waals surface area contributed by atoms with Crippen molar-refractivity contribution in [1.82, 2.24) is 0 Å². The normalized spacial score (nSPS) is 16.7. The van der Waals surface area contributed by atoms with Gasteiger partial charge in [-0.1, -0.05) is 121 Å². The second kappa shape index (κ2) is 13.6. The Morgan fingerprint density at radius 1 is 0.467 bits per heavy atom. The molecule has 45 heavy (non-hydrogen) atoms. The third kappa shape index (κ3) is 8.81. The number of benzene rings is 4. The van der Waals surface area contributed by atoms with Crippen molar-refractivity contribution in [3.05, 3.63) is 144 Å². The van der Waals surface area contributed by atoms with E-state index in [4.69, 9.17) is 9.05 Å². The zero-order valence-electron chi connectivity index (χ0n) is 23.0. The Labute approximate surface area is 257 Å². The van der Waals surface area contributed by atoms with E-state index in [0.717, 1.165) is 0 Å². The van der Waals surface area contributed by atoms with Crippen molar-refractivity contribution in [3.63, 3.8) is 0 Å². The van der Waals surface area contributed by atoms with Crippen molar-refractivity contribution in [2.45, 2.75) is 17.6 Å². The standard InChI is InChI=1S/C27H28O14P4/c28-42(29,30)40-44(34,35)38-26(23-15-7-2-8-16-23,21-22-13-5-1-6-14-22)27(24-17-9-3-10-18-24,25-19-11-4-12-20-25)39-45(36,37)41-43(31,32)33/h1-20H,21H2,(H,34,35)(H,36,37)(H2,28,29,30)(H2,31,32,33). The van der Waals surface area contributed by atoms with E-state index in [1.165, 1.54) is 72.8 Å². The number of hydrogen-bond donors (Lipinski definition) is 6. The van der Waals surface area contributed by atoms with Crippen LogP contribution in [-0.4, -0.2) is 29.4 Å². The molecular weight excluding hydrogens is 672 g/mol. The Hall–Kier alpha value is -2.60. The van der Waals surface area contributed by atoms with Crippen LogP contribution in [0.15, 0.2) is 121 Å². The average Bonchev–Trinajstić information content (AvgIpc) is 2.95. The average molecular weight is 700 g/mol. The molecule has 0 spiro atoms. The third-order valence-corrected chi connectivity index (χ3v) is 10.8. The monoisotopic (exact) mass is 700 g/mol. The van der Waals surface area contributed by atoms with Gasteiger partial charge in [-0.15, -0.1) is 0 Å². The first-order valence-corrected chi connectivity index (χ1v) is 18.8. The van der Waals surface area contributed by atoms with Crippen LogP contribution in [0.25, 0.3) is 0 Å². The molecule has 14 nitrogen and oxygen atoms in total. The van der Waals surface area contributed by atoms with E-state index in [0.29, 0.717) is 5.56 Å². The Morgan fingerprint density at radius 3 is 1.18 bits per heavy atom. The Balaban J connectivity index is 2.24. The van der Waals surface area contributed by atoms with Gasteiger partial charge in [0, 0.05) is 6.42 Å². The van der Waals surface area contributed by atoms with Crippen LogP contribution in [0.3, 0.4) is 0 Å². The first-order valence-electron chi connectivity index (χ1n) is 12.8. The zero-order valence-corrected chi connectivity index (χ0v) is 26.6. The van der Waals surface area contributed by atoms with Gasteiger partial charge in [-0.25, -0.2) is 18.3 Å². The van der Waals surface area contributed by atoms with Gasteiger partial charge in [-0.3, -0.25) is 9.05 Å². The van der Waals surface area contributed by atoms with E-state index in [1.54, 1.807) is 48.5 Å². The Morgan fingerprint density at radius 2 is 0.800 bits per heavy atom. The minimum atomic E-state index is -5.90. The summed E-state index contributed by atoms with van der Waals surface area (Å²) in [6, 6.07) is 29.9. The van der Waals surface area contributed by atoms with E-state index in [1.807, 2.05) is 0 Å². The Kier molecular flexibility index (Phi) is 10.7. The van der Waals surface area contributed by atoms with Crippen LogP contribution in [0, 0.1) is 0 Å². The molecule has 0 saturated heterocycles. The van der Waals surface area contributed by atoms with Gasteiger partial charge >= 0.3 is 31.3 Å². The van der Waals surface area contributed by atoms with Gasteiger partial charge < -0.3 is 29.4 Å². The van der Waals surface area contributed by atoms with Gasteiger partial charge in [-0.05, 0) is 22.3 Å². The van der Waals surface area contributed by atoms with Crippen molar-refractivity contribution in [3.8, 4) is 0 Å². The lowest BCUT2D eigenvalue weighted by atomic mass is 9.67. The van der Waals surface area contributed by atoms with Crippen LogP contribution in [0.5, 0.6) is 0 Å². The van der Waals surface area contributed by atoms with Crippen LogP contribution >= 0.6 is 31.3 Å². The first-order chi connectivity index (χ1) is 21.0. The molecule has 18 heteroatoms. The molecule has 240 valence electrons. The van der Waals surface area contributed by atoms with E-state index in [9.17, 15) is 47.6 Å². The lowest BCUT2D eigenvalue weighted by Gasteiger charge is -2.50. The van der Waals surface area contributed by atoms with Crippen molar-refractivity contribution in [2.24, 2.45) is 0 Å². The lowest BCUT2D eigenvalue weighted by molar-refractivity contribution is -0.125. The molecule has 0 fully saturated rings. The highest BCUT2D eigenvalue weighted by Crippen LogP contribution is 2.69. The summed E-state index contributed by atoms with van der Waals surface area (Å²) in [6.45, 7) is 0. The summed E-state index contributed by atoms with van der Waals surface area (Å²) in [5.74, 6) is 0. The largest absolute Gasteiger partial charge is 0.482 e. The van der Waals surface area contributed by atoms with Gasteiger partial charge in [0.25, 0.3) is 0 Å². The molecule has 0 saturated carbocycles. The molecule has 4 rings (SSSR count). The van der Waals surface area contributed by atoms with E-state index in [-0.39, 0.29) is 16.7 Å². The molecule has 0 amide bonds. The van der Waals surface area contributed by atoms with Crippen LogP contribution in [0.2, 0.25) is 0 Å². The fourth-order valence-corrected chi connectivity index (χ4v) is 8.81. The van der Waals surface area contributed by atoms with Crippen molar-refractivity contribution in [2.75, 3.05) is 0 Å². The van der Waals surface area contributed by atoms with Crippen LogP contribution < -0.4 is 0 Å². The SMILES string of the molecule is O=P(O)(O)OP(=O)(O)OC(Cc1ccccc1)(c1ccccc1)C(OP(=O)(O)OP(=O)(O)O)(c1ccccc1)c1ccccc1. The van der Waals surface area contributed by atoms with Crippen molar-refractivity contribution < 1.29 is 65.3 Å². The maximum Gasteiger partial charge on any atom is 0.482 e. The highest BCUT2D eigenvalue weighted by molar-refractivity contribution is 7.61. The molecule has 3 unspecified atom stereocenters. The Bertz CT molecular complexity index is 1730. The summed E-state index contributed by atoms with van der Waals surface area (Å²) in [4.78, 5) is 59.9. The van der Waals surface area contributed by atoms with Gasteiger partial charge in [0.1, 0.15) is 5.60 Å². The molecule has 4 aromatic rings. The van der Waals surface area contributed by atoms with Crippen LogP contribution in [0.4, 0.5) is 0 Å². The van der Waals surface area contributed by atoms with Gasteiger partial charge in [0.05, 0.1) is 0 Å². The molecule has 0 aliphatic carbocycles. The molecule has 0 bridgehead atoms. The molecule has 6 N–H and O–H groups in total. The van der Waals surface area contributed by atoms with Crippen LogP contribution in [0.1, 0.15) is 22.3 Å². The summed E-state index contributed by atoms with van der Waals surface area (Å²) >= 11 is 0. The summed E-state index contributed by atoms with van der Waals surface area (Å²) in [5, 5.41) is 0. The maximum atomic E-state index is 13.6. The molecule has 0 aliphatic rings. The van der Waals surface area contributed by atoms with Gasteiger partial charge in [0.15, 0.2) is 5.60 Å². The molecule has 4 aromatic carbocycles. The second-order valence-corrected chi connectivity index (χ2v) is 15.0. The van der Waals surface area contributed by atoms with E-state index in [2.05, 4.69) is 8.62 Å². The molecule has 0 aromatic heterocycles. The minimum Gasteiger partial charge on any atom is -0.302 e.